The SMILES string of the molecule is O=C(CCCc1cccs1)NCC1CCCC(O)C1. The summed E-state index contributed by atoms with van der Waals surface area (Å²) in [6, 6.07) is 4.17. The molecule has 0 saturated heterocycles. The van der Waals surface area contributed by atoms with Crippen LogP contribution in [0.2, 0.25) is 0 Å². The first-order valence-corrected chi connectivity index (χ1v) is 8.09. The maximum atomic E-state index is 11.7. The van der Waals surface area contributed by atoms with Crippen LogP contribution in [0.15, 0.2) is 17.5 Å². The Morgan fingerprint density at radius 3 is 3.11 bits per heavy atom. The molecule has 1 aliphatic carbocycles. The Morgan fingerprint density at radius 2 is 2.37 bits per heavy atom. The highest BCUT2D eigenvalue weighted by Gasteiger charge is 2.20. The number of thiophene rings is 1. The number of hydrogen-bond donors (Lipinski definition) is 2. The van der Waals surface area contributed by atoms with E-state index in [2.05, 4.69) is 22.8 Å². The van der Waals surface area contributed by atoms with E-state index in [0.29, 0.717) is 12.3 Å². The van der Waals surface area contributed by atoms with E-state index in [1.165, 1.54) is 4.88 Å². The molecule has 1 saturated carbocycles. The number of aliphatic hydroxyl groups is 1. The summed E-state index contributed by atoms with van der Waals surface area (Å²) in [5.74, 6) is 0.613. The van der Waals surface area contributed by atoms with Crippen LogP contribution in [0, 0.1) is 5.92 Å². The molecule has 2 N–H and O–H groups in total. The van der Waals surface area contributed by atoms with Crippen molar-refractivity contribution in [1.82, 2.24) is 5.32 Å². The predicted molar refractivity (Wildman–Crippen MR) is 78.2 cm³/mol. The third-order valence-electron chi connectivity index (χ3n) is 3.75. The third-order valence-corrected chi connectivity index (χ3v) is 4.69. The average molecular weight is 281 g/mol. The van der Waals surface area contributed by atoms with Gasteiger partial charge in [0.15, 0.2) is 0 Å². The molecular formula is C15H23NO2S. The van der Waals surface area contributed by atoms with Gasteiger partial charge in [-0.2, -0.15) is 0 Å². The zero-order valence-corrected chi connectivity index (χ0v) is 12.1. The number of carbonyl (C=O) groups excluding carboxylic acids is 1. The fourth-order valence-electron chi connectivity index (χ4n) is 2.67. The highest BCUT2D eigenvalue weighted by atomic mass is 32.1. The number of aryl methyl sites for hydroxylation is 1. The summed E-state index contributed by atoms with van der Waals surface area (Å²) in [5.41, 5.74) is 0. The molecule has 1 fully saturated rings. The number of aliphatic hydroxyl groups excluding tert-OH is 1. The minimum atomic E-state index is -0.158. The van der Waals surface area contributed by atoms with Crippen LogP contribution in [-0.2, 0) is 11.2 Å². The lowest BCUT2D eigenvalue weighted by atomic mass is 9.87. The van der Waals surface area contributed by atoms with Gasteiger partial charge >= 0.3 is 0 Å². The van der Waals surface area contributed by atoms with Gasteiger partial charge in [-0.3, -0.25) is 4.79 Å². The summed E-state index contributed by atoms with van der Waals surface area (Å²) in [6.07, 6.45) is 6.34. The summed E-state index contributed by atoms with van der Waals surface area (Å²) in [5, 5.41) is 14.7. The number of amides is 1. The zero-order chi connectivity index (χ0) is 13.5. The fourth-order valence-corrected chi connectivity index (χ4v) is 3.42. The number of rotatable bonds is 6. The van der Waals surface area contributed by atoms with Gasteiger partial charge in [-0.15, -0.1) is 11.3 Å². The normalized spacial score (nSPS) is 23.2. The van der Waals surface area contributed by atoms with Crippen molar-refractivity contribution in [2.24, 2.45) is 5.92 Å². The summed E-state index contributed by atoms with van der Waals surface area (Å²) >= 11 is 1.75. The lowest BCUT2D eigenvalue weighted by Crippen LogP contribution is -2.32. The van der Waals surface area contributed by atoms with Gasteiger partial charge in [-0.05, 0) is 49.5 Å². The van der Waals surface area contributed by atoms with Crippen molar-refractivity contribution >= 4 is 17.2 Å². The fraction of sp³-hybridized carbons (Fsp3) is 0.667. The van der Waals surface area contributed by atoms with E-state index in [4.69, 9.17) is 0 Å². The molecule has 0 aliphatic heterocycles. The lowest BCUT2D eigenvalue weighted by molar-refractivity contribution is -0.121. The largest absolute Gasteiger partial charge is 0.393 e. The summed E-state index contributed by atoms with van der Waals surface area (Å²) < 4.78 is 0. The van der Waals surface area contributed by atoms with Crippen LogP contribution in [0.25, 0.3) is 0 Å². The van der Waals surface area contributed by atoms with Gasteiger partial charge in [0.25, 0.3) is 0 Å². The highest BCUT2D eigenvalue weighted by Crippen LogP contribution is 2.23. The maximum Gasteiger partial charge on any atom is 0.220 e. The molecule has 1 heterocycles. The van der Waals surface area contributed by atoms with Crippen molar-refractivity contribution < 1.29 is 9.90 Å². The van der Waals surface area contributed by atoms with Crippen molar-refractivity contribution in [3.63, 3.8) is 0 Å². The zero-order valence-electron chi connectivity index (χ0n) is 11.3. The molecule has 1 amide bonds. The Bertz CT molecular complexity index is 378. The van der Waals surface area contributed by atoms with Gasteiger partial charge < -0.3 is 10.4 Å². The molecule has 106 valence electrons. The van der Waals surface area contributed by atoms with E-state index < -0.39 is 0 Å². The van der Waals surface area contributed by atoms with Crippen molar-refractivity contribution in [1.29, 1.82) is 0 Å². The van der Waals surface area contributed by atoms with Crippen LogP contribution in [-0.4, -0.2) is 23.7 Å². The molecule has 1 aliphatic rings. The van der Waals surface area contributed by atoms with Crippen LogP contribution in [0.4, 0.5) is 0 Å². The number of carbonyl (C=O) groups is 1. The molecule has 2 unspecified atom stereocenters. The Balaban J connectivity index is 1.56. The van der Waals surface area contributed by atoms with E-state index in [-0.39, 0.29) is 12.0 Å². The van der Waals surface area contributed by atoms with E-state index >= 15 is 0 Å². The van der Waals surface area contributed by atoms with Crippen molar-refractivity contribution in [2.75, 3.05) is 6.54 Å². The molecule has 0 radical (unpaired) electrons. The molecule has 1 aromatic heterocycles. The maximum absolute atomic E-state index is 11.7. The number of hydrogen-bond acceptors (Lipinski definition) is 3. The molecule has 2 rings (SSSR count). The van der Waals surface area contributed by atoms with E-state index in [1.54, 1.807) is 11.3 Å². The second-order valence-electron chi connectivity index (χ2n) is 5.42. The highest BCUT2D eigenvalue weighted by molar-refractivity contribution is 7.09. The molecular weight excluding hydrogens is 258 g/mol. The van der Waals surface area contributed by atoms with Gasteiger partial charge in [-0.1, -0.05) is 12.5 Å². The second-order valence-corrected chi connectivity index (χ2v) is 6.46. The minimum absolute atomic E-state index is 0.150. The monoisotopic (exact) mass is 281 g/mol. The average Bonchev–Trinajstić information content (AvgIpc) is 2.90. The Kier molecular flexibility index (Phi) is 5.86. The van der Waals surface area contributed by atoms with Crippen molar-refractivity contribution in [3.05, 3.63) is 22.4 Å². The van der Waals surface area contributed by atoms with E-state index in [1.807, 2.05) is 0 Å². The molecule has 3 nitrogen and oxygen atoms in total. The third kappa shape index (κ3) is 5.33. The summed E-state index contributed by atoms with van der Waals surface area (Å²) in [4.78, 5) is 13.1. The van der Waals surface area contributed by atoms with Crippen LogP contribution in [0.5, 0.6) is 0 Å². The minimum Gasteiger partial charge on any atom is -0.393 e. The van der Waals surface area contributed by atoms with E-state index in [9.17, 15) is 9.90 Å². The van der Waals surface area contributed by atoms with E-state index in [0.717, 1.165) is 45.1 Å². The topological polar surface area (TPSA) is 49.3 Å². The Labute approximate surface area is 119 Å². The van der Waals surface area contributed by atoms with Gasteiger partial charge in [0.05, 0.1) is 6.10 Å². The molecule has 4 heteroatoms. The number of nitrogens with one attached hydrogen (secondary N) is 1. The predicted octanol–water partition coefficient (Wildman–Crippen LogP) is 2.74. The molecule has 0 bridgehead atoms. The molecule has 1 aromatic rings. The van der Waals surface area contributed by atoms with Crippen LogP contribution < -0.4 is 5.32 Å². The van der Waals surface area contributed by atoms with Gasteiger partial charge in [-0.25, -0.2) is 0 Å². The Hall–Kier alpha value is -0.870. The second kappa shape index (κ2) is 7.65. The molecule has 2 atom stereocenters. The van der Waals surface area contributed by atoms with Crippen molar-refractivity contribution in [2.45, 2.75) is 51.0 Å². The molecule has 19 heavy (non-hydrogen) atoms. The lowest BCUT2D eigenvalue weighted by Gasteiger charge is -2.25. The first-order valence-electron chi connectivity index (χ1n) is 7.21. The quantitative estimate of drug-likeness (QED) is 0.842. The first-order chi connectivity index (χ1) is 9.24. The van der Waals surface area contributed by atoms with Gasteiger partial charge in [0.2, 0.25) is 5.91 Å². The van der Waals surface area contributed by atoms with Crippen LogP contribution >= 0.6 is 11.3 Å². The molecule has 0 aromatic carbocycles. The van der Waals surface area contributed by atoms with Crippen LogP contribution in [0.1, 0.15) is 43.4 Å². The van der Waals surface area contributed by atoms with Crippen molar-refractivity contribution in [3.8, 4) is 0 Å². The standard InChI is InChI=1S/C15H23NO2S/c17-13-5-1-4-12(10-13)11-16-15(18)8-2-6-14-7-3-9-19-14/h3,7,9,12-13,17H,1-2,4-6,8,10-11H2,(H,16,18). The van der Waals surface area contributed by atoms with Gasteiger partial charge in [0.1, 0.15) is 0 Å². The summed E-state index contributed by atoms with van der Waals surface area (Å²) in [7, 11) is 0. The smallest absolute Gasteiger partial charge is 0.220 e. The first kappa shape index (κ1) is 14.5. The Morgan fingerprint density at radius 1 is 1.47 bits per heavy atom. The van der Waals surface area contributed by atoms with Crippen LogP contribution in [0.3, 0.4) is 0 Å². The summed E-state index contributed by atoms with van der Waals surface area (Å²) in [6.45, 7) is 0.731. The molecule has 0 spiro atoms. The van der Waals surface area contributed by atoms with Gasteiger partial charge in [0, 0.05) is 17.8 Å².